The molecule has 0 saturated carbocycles. The number of rotatable bonds is 4. The normalized spacial score (nSPS) is 13.5. The van der Waals surface area contributed by atoms with Crippen molar-refractivity contribution in [3.05, 3.63) is 15.9 Å². The molecule has 0 saturated heterocycles. The second kappa shape index (κ2) is 5.03. The van der Waals surface area contributed by atoms with Crippen LogP contribution in [0.1, 0.15) is 18.3 Å². The molecule has 0 fully saturated rings. The minimum Gasteiger partial charge on any atom is -0.387 e. The van der Waals surface area contributed by atoms with Crippen molar-refractivity contribution in [2.45, 2.75) is 32.3 Å². The van der Waals surface area contributed by atoms with E-state index in [0.29, 0.717) is 10.2 Å². The molecule has 0 radical (unpaired) electrons. The molecule has 1 atom stereocenters. The molecule has 1 rings (SSSR count). The van der Waals surface area contributed by atoms with Gasteiger partial charge in [0.15, 0.2) is 0 Å². The van der Waals surface area contributed by atoms with E-state index in [0.717, 1.165) is 12.1 Å². The van der Waals surface area contributed by atoms with Gasteiger partial charge in [0, 0.05) is 13.5 Å². The van der Waals surface area contributed by atoms with E-state index >= 15 is 0 Å². The second-order valence-electron chi connectivity index (χ2n) is 3.29. The molecule has 0 spiro atoms. The number of nitrogens with zero attached hydrogens (tertiary/aromatic N) is 2. The number of aliphatic hydroxyl groups is 1. The first-order valence-corrected chi connectivity index (χ1v) is 5.43. The van der Waals surface area contributed by atoms with Crippen LogP contribution < -0.4 is 0 Å². The Morgan fingerprint density at radius 2 is 2.13 bits per heavy atom. The van der Waals surface area contributed by atoms with Crippen LogP contribution in [0.3, 0.4) is 0 Å². The Hall–Kier alpha value is -0.490. The van der Waals surface area contributed by atoms with Crippen molar-refractivity contribution in [3.63, 3.8) is 0 Å². The molecule has 0 aliphatic rings. The highest BCUT2D eigenvalue weighted by atomic mass is 79.9. The number of halogens is 3. The van der Waals surface area contributed by atoms with Crippen LogP contribution >= 0.6 is 15.9 Å². The maximum absolute atomic E-state index is 12.2. The summed E-state index contributed by atoms with van der Waals surface area (Å²) in [5.74, 6) is 0. The number of alkyl halides is 2. The minimum absolute atomic E-state index is 0.0955. The van der Waals surface area contributed by atoms with Crippen LogP contribution in [0.4, 0.5) is 8.78 Å². The van der Waals surface area contributed by atoms with Crippen molar-refractivity contribution in [2.24, 2.45) is 7.05 Å². The number of aryl methyl sites for hydroxylation is 2. The van der Waals surface area contributed by atoms with Crippen LogP contribution in [0.2, 0.25) is 0 Å². The standard InChI is InChI=1S/C9H13BrF2N2O/c1-3-5-8(10)6(14(2)13-5)4-7(15)9(11)12/h7,9,15H,3-4H2,1-2H3. The lowest BCUT2D eigenvalue weighted by atomic mass is 10.2. The highest BCUT2D eigenvalue weighted by molar-refractivity contribution is 9.10. The molecule has 0 bridgehead atoms. The third-order valence-corrected chi connectivity index (χ3v) is 3.11. The molecule has 0 aliphatic carbocycles. The summed E-state index contributed by atoms with van der Waals surface area (Å²) in [5, 5.41) is 13.3. The van der Waals surface area contributed by atoms with Crippen molar-refractivity contribution in [2.75, 3.05) is 0 Å². The third kappa shape index (κ3) is 2.75. The first-order chi connectivity index (χ1) is 6.97. The molecule has 6 heteroatoms. The second-order valence-corrected chi connectivity index (χ2v) is 4.08. The van der Waals surface area contributed by atoms with Gasteiger partial charge in [0.25, 0.3) is 6.43 Å². The number of hydrogen-bond acceptors (Lipinski definition) is 2. The van der Waals surface area contributed by atoms with Gasteiger partial charge in [-0.15, -0.1) is 0 Å². The van der Waals surface area contributed by atoms with Gasteiger partial charge < -0.3 is 5.11 Å². The SMILES string of the molecule is CCc1nn(C)c(CC(O)C(F)F)c1Br. The van der Waals surface area contributed by atoms with E-state index in [1.165, 1.54) is 4.68 Å². The summed E-state index contributed by atoms with van der Waals surface area (Å²) in [4.78, 5) is 0. The molecule has 0 amide bonds. The third-order valence-electron chi connectivity index (χ3n) is 2.20. The fourth-order valence-corrected chi connectivity index (χ4v) is 2.11. The van der Waals surface area contributed by atoms with Gasteiger partial charge in [-0.2, -0.15) is 5.10 Å². The van der Waals surface area contributed by atoms with Crippen molar-refractivity contribution < 1.29 is 13.9 Å². The van der Waals surface area contributed by atoms with Crippen LogP contribution in [-0.2, 0) is 19.9 Å². The summed E-state index contributed by atoms with van der Waals surface area (Å²) in [6, 6.07) is 0. The lowest BCUT2D eigenvalue weighted by Gasteiger charge is -2.09. The summed E-state index contributed by atoms with van der Waals surface area (Å²) in [5.41, 5.74) is 1.41. The van der Waals surface area contributed by atoms with Crippen molar-refractivity contribution >= 4 is 15.9 Å². The van der Waals surface area contributed by atoms with E-state index in [1.807, 2.05) is 6.92 Å². The van der Waals surface area contributed by atoms with Crippen LogP contribution in [0.25, 0.3) is 0 Å². The largest absolute Gasteiger partial charge is 0.387 e. The number of hydrogen-bond donors (Lipinski definition) is 1. The zero-order valence-electron chi connectivity index (χ0n) is 8.54. The van der Waals surface area contributed by atoms with Crippen LogP contribution in [0.15, 0.2) is 4.47 Å². The maximum atomic E-state index is 12.2. The zero-order valence-corrected chi connectivity index (χ0v) is 10.1. The van der Waals surface area contributed by atoms with Gasteiger partial charge >= 0.3 is 0 Å². The van der Waals surface area contributed by atoms with E-state index in [2.05, 4.69) is 21.0 Å². The number of aliphatic hydroxyl groups excluding tert-OH is 1. The Bertz CT molecular complexity index is 341. The van der Waals surface area contributed by atoms with Gasteiger partial charge in [-0.1, -0.05) is 6.92 Å². The summed E-state index contributed by atoms with van der Waals surface area (Å²) in [6.45, 7) is 1.93. The fourth-order valence-electron chi connectivity index (χ4n) is 1.33. The molecule has 0 aromatic carbocycles. The minimum atomic E-state index is -2.73. The van der Waals surface area contributed by atoms with Crippen molar-refractivity contribution in [3.8, 4) is 0 Å². The maximum Gasteiger partial charge on any atom is 0.264 e. The van der Waals surface area contributed by atoms with Crippen LogP contribution in [0, 0.1) is 0 Å². The van der Waals surface area contributed by atoms with Gasteiger partial charge in [-0.25, -0.2) is 8.78 Å². The van der Waals surface area contributed by atoms with Gasteiger partial charge in [0.05, 0.1) is 15.9 Å². The van der Waals surface area contributed by atoms with Crippen molar-refractivity contribution in [1.29, 1.82) is 0 Å². The van der Waals surface area contributed by atoms with E-state index < -0.39 is 12.5 Å². The molecule has 0 aliphatic heterocycles. The molecule has 1 aromatic rings. The number of aromatic nitrogens is 2. The lowest BCUT2D eigenvalue weighted by molar-refractivity contribution is -0.00468. The summed E-state index contributed by atoms with van der Waals surface area (Å²) < 4.78 is 26.6. The Balaban J connectivity index is 2.89. The molecule has 15 heavy (non-hydrogen) atoms. The Morgan fingerprint density at radius 1 is 1.53 bits per heavy atom. The quantitative estimate of drug-likeness (QED) is 0.916. The average molecular weight is 283 g/mol. The predicted molar refractivity (Wildman–Crippen MR) is 56.0 cm³/mol. The zero-order chi connectivity index (χ0) is 11.6. The molecular formula is C9H13BrF2N2O. The Kier molecular flexibility index (Phi) is 4.21. The molecule has 3 nitrogen and oxygen atoms in total. The van der Waals surface area contributed by atoms with Gasteiger partial charge in [0.1, 0.15) is 6.10 Å². The highest BCUT2D eigenvalue weighted by Crippen LogP contribution is 2.23. The molecular weight excluding hydrogens is 270 g/mol. The monoisotopic (exact) mass is 282 g/mol. The first kappa shape index (κ1) is 12.6. The van der Waals surface area contributed by atoms with Gasteiger partial charge in [0.2, 0.25) is 0 Å². The summed E-state index contributed by atoms with van der Waals surface area (Å²) in [6.07, 6.45) is -3.74. The fraction of sp³-hybridized carbons (Fsp3) is 0.667. The van der Waals surface area contributed by atoms with E-state index in [9.17, 15) is 8.78 Å². The smallest absolute Gasteiger partial charge is 0.264 e. The predicted octanol–water partition coefficient (Wildman–Crippen LogP) is 1.91. The van der Waals surface area contributed by atoms with E-state index in [1.54, 1.807) is 7.05 Å². The van der Waals surface area contributed by atoms with E-state index in [4.69, 9.17) is 5.11 Å². The van der Waals surface area contributed by atoms with Gasteiger partial charge in [-0.3, -0.25) is 4.68 Å². The molecule has 1 heterocycles. The van der Waals surface area contributed by atoms with Crippen LogP contribution in [-0.4, -0.2) is 27.4 Å². The molecule has 1 unspecified atom stereocenters. The Morgan fingerprint density at radius 3 is 2.53 bits per heavy atom. The molecule has 1 N–H and O–H groups in total. The first-order valence-electron chi connectivity index (χ1n) is 4.63. The summed E-state index contributed by atoms with van der Waals surface area (Å²) >= 11 is 3.30. The topological polar surface area (TPSA) is 38.0 Å². The Labute approximate surface area is 95.2 Å². The van der Waals surface area contributed by atoms with Crippen molar-refractivity contribution in [1.82, 2.24) is 9.78 Å². The lowest BCUT2D eigenvalue weighted by Crippen LogP contribution is -2.21. The highest BCUT2D eigenvalue weighted by Gasteiger charge is 2.22. The van der Waals surface area contributed by atoms with Gasteiger partial charge in [-0.05, 0) is 22.4 Å². The average Bonchev–Trinajstić information content (AvgIpc) is 2.44. The van der Waals surface area contributed by atoms with E-state index in [-0.39, 0.29) is 6.42 Å². The summed E-state index contributed by atoms with van der Waals surface area (Å²) in [7, 11) is 1.68. The molecule has 86 valence electrons. The van der Waals surface area contributed by atoms with Crippen LogP contribution in [0.5, 0.6) is 0 Å². The molecule has 1 aromatic heterocycles.